The molecule has 0 radical (unpaired) electrons. The Kier molecular flexibility index (Phi) is 7.31. The summed E-state index contributed by atoms with van der Waals surface area (Å²) in [5.41, 5.74) is 0.238. The number of rotatable bonds is 9. The van der Waals surface area contributed by atoms with Crippen LogP contribution in [-0.2, 0) is 10.0 Å². The fraction of sp³-hybridized carbons (Fsp3) is 0.474. The summed E-state index contributed by atoms with van der Waals surface area (Å²) in [4.78, 5) is 12.8. The number of nitrogens with zero attached hydrogens (tertiary/aromatic N) is 2. The van der Waals surface area contributed by atoms with Gasteiger partial charge in [0.2, 0.25) is 10.0 Å². The maximum atomic E-state index is 14.3. The summed E-state index contributed by atoms with van der Waals surface area (Å²) in [5, 5.41) is 9.07. The summed E-state index contributed by atoms with van der Waals surface area (Å²) in [6.45, 7) is 6.17. The van der Waals surface area contributed by atoms with Crippen molar-refractivity contribution in [2.75, 3.05) is 6.61 Å². The molecule has 0 aliphatic rings. The molecular weight excluding hydrogens is 385 g/mol. The van der Waals surface area contributed by atoms with E-state index in [2.05, 4.69) is 5.10 Å². The van der Waals surface area contributed by atoms with Crippen LogP contribution in [-0.4, -0.2) is 24.8 Å². The van der Waals surface area contributed by atoms with Crippen molar-refractivity contribution in [1.82, 2.24) is 9.78 Å². The molecule has 0 aliphatic carbocycles. The average molecular weight is 411 g/mol. The molecule has 2 rings (SSSR count). The van der Waals surface area contributed by atoms with Crippen LogP contribution in [0.4, 0.5) is 4.39 Å². The van der Waals surface area contributed by atoms with Gasteiger partial charge in [0.05, 0.1) is 17.7 Å². The molecule has 0 bridgehead atoms. The lowest BCUT2D eigenvalue weighted by Crippen LogP contribution is -2.27. The highest BCUT2D eigenvalue weighted by molar-refractivity contribution is 7.89. The van der Waals surface area contributed by atoms with E-state index in [1.54, 1.807) is 0 Å². The van der Waals surface area contributed by atoms with Crippen LogP contribution in [0.25, 0.3) is 11.1 Å². The number of sulfonamides is 1. The molecule has 7 nitrogen and oxygen atoms in total. The smallest absolute Gasteiger partial charge is 0.312 e. The van der Waals surface area contributed by atoms with E-state index in [9.17, 15) is 17.6 Å². The third-order valence-electron chi connectivity index (χ3n) is 4.19. The molecule has 9 heteroatoms. The molecule has 0 saturated heterocycles. The molecule has 0 fully saturated rings. The molecule has 1 aromatic heterocycles. The van der Waals surface area contributed by atoms with Crippen LogP contribution in [0, 0.1) is 5.92 Å². The van der Waals surface area contributed by atoms with E-state index in [4.69, 9.17) is 9.88 Å². The van der Waals surface area contributed by atoms with Crippen molar-refractivity contribution in [2.45, 2.75) is 51.2 Å². The van der Waals surface area contributed by atoms with Crippen LogP contribution >= 0.6 is 0 Å². The van der Waals surface area contributed by atoms with Gasteiger partial charge in [-0.3, -0.25) is 4.79 Å². The van der Waals surface area contributed by atoms with Crippen LogP contribution in [0.2, 0.25) is 0 Å². The van der Waals surface area contributed by atoms with E-state index in [1.807, 2.05) is 20.8 Å². The van der Waals surface area contributed by atoms with Gasteiger partial charge in [0.1, 0.15) is 0 Å². The van der Waals surface area contributed by atoms with Gasteiger partial charge in [-0.25, -0.2) is 17.9 Å². The minimum absolute atomic E-state index is 0.00208. The largest absolute Gasteiger partial charge is 0.487 e. The summed E-state index contributed by atoms with van der Waals surface area (Å²) < 4.78 is 43.7. The molecular formula is C19H26FN3O4S. The highest BCUT2D eigenvalue weighted by Crippen LogP contribution is 2.28. The summed E-state index contributed by atoms with van der Waals surface area (Å²) >= 11 is 0. The first kappa shape index (κ1) is 22.0. The van der Waals surface area contributed by atoms with Gasteiger partial charge in [0.15, 0.2) is 12.0 Å². The van der Waals surface area contributed by atoms with E-state index in [1.165, 1.54) is 30.5 Å². The molecule has 0 spiro atoms. The second kappa shape index (κ2) is 9.29. The number of aromatic nitrogens is 2. The van der Waals surface area contributed by atoms with Gasteiger partial charge >= 0.3 is 5.56 Å². The van der Waals surface area contributed by atoms with E-state index in [-0.39, 0.29) is 17.1 Å². The van der Waals surface area contributed by atoms with E-state index in [0.717, 1.165) is 11.1 Å². The SMILES string of the molecule is CCCC(F)n1ncc(-c2ccc(S(N)(=O)=O)cc2)c(OCCC(C)C)c1=O. The molecule has 1 aromatic carbocycles. The minimum Gasteiger partial charge on any atom is -0.487 e. The Labute approximate surface area is 164 Å². The van der Waals surface area contributed by atoms with Crippen LogP contribution < -0.4 is 15.4 Å². The van der Waals surface area contributed by atoms with Gasteiger partial charge in [-0.15, -0.1) is 0 Å². The van der Waals surface area contributed by atoms with Crippen molar-refractivity contribution in [3.05, 3.63) is 40.8 Å². The fourth-order valence-electron chi connectivity index (χ4n) is 2.58. The minimum atomic E-state index is -3.83. The highest BCUT2D eigenvalue weighted by atomic mass is 32.2. The molecule has 28 heavy (non-hydrogen) atoms. The second-order valence-electron chi connectivity index (χ2n) is 6.96. The zero-order valence-electron chi connectivity index (χ0n) is 16.3. The quantitative estimate of drug-likeness (QED) is 0.682. The zero-order valence-corrected chi connectivity index (χ0v) is 17.1. The molecule has 0 aliphatic heterocycles. The topological polar surface area (TPSA) is 104 Å². The number of primary sulfonamides is 1. The van der Waals surface area contributed by atoms with Gasteiger partial charge in [0, 0.05) is 5.56 Å². The Morgan fingerprint density at radius 3 is 2.39 bits per heavy atom. The van der Waals surface area contributed by atoms with Crippen molar-refractivity contribution in [3.63, 3.8) is 0 Å². The molecule has 1 unspecified atom stereocenters. The lowest BCUT2D eigenvalue weighted by atomic mass is 10.1. The number of hydrogen-bond acceptors (Lipinski definition) is 5. The highest BCUT2D eigenvalue weighted by Gasteiger charge is 2.20. The maximum Gasteiger partial charge on any atom is 0.312 e. The molecule has 154 valence electrons. The number of hydrogen-bond donors (Lipinski definition) is 1. The third kappa shape index (κ3) is 5.39. The van der Waals surface area contributed by atoms with E-state index in [0.29, 0.717) is 30.1 Å². The monoisotopic (exact) mass is 411 g/mol. The lowest BCUT2D eigenvalue weighted by Gasteiger charge is -2.16. The number of nitrogens with two attached hydrogens (primary N) is 1. The Balaban J connectivity index is 2.49. The van der Waals surface area contributed by atoms with Gasteiger partial charge in [-0.1, -0.05) is 39.3 Å². The summed E-state index contributed by atoms with van der Waals surface area (Å²) in [7, 11) is -3.83. The van der Waals surface area contributed by atoms with Gasteiger partial charge in [-0.2, -0.15) is 9.78 Å². The van der Waals surface area contributed by atoms with E-state index < -0.39 is 21.9 Å². The Morgan fingerprint density at radius 2 is 1.86 bits per heavy atom. The Hall–Kier alpha value is -2.26. The summed E-state index contributed by atoms with van der Waals surface area (Å²) in [6.07, 6.45) is 1.28. The summed E-state index contributed by atoms with van der Waals surface area (Å²) in [5.74, 6) is 0.369. The van der Waals surface area contributed by atoms with Crippen LogP contribution in [0.5, 0.6) is 5.75 Å². The first-order valence-electron chi connectivity index (χ1n) is 9.17. The number of halogens is 1. The lowest BCUT2D eigenvalue weighted by molar-refractivity contribution is 0.189. The third-order valence-corrected chi connectivity index (χ3v) is 5.12. The summed E-state index contributed by atoms with van der Waals surface area (Å²) in [6, 6.07) is 5.69. The predicted octanol–water partition coefficient (Wildman–Crippen LogP) is 3.25. The van der Waals surface area contributed by atoms with Gasteiger partial charge < -0.3 is 4.74 Å². The van der Waals surface area contributed by atoms with Crippen molar-refractivity contribution >= 4 is 10.0 Å². The number of benzene rings is 1. The maximum absolute atomic E-state index is 14.3. The van der Waals surface area contributed by atoms with Crippen LogP contribution in [0.1, 0.15) is 46.3 Å². The molecule has 0 amide bonds. The molecule has 2 N–H and O–H groups in total. The first-order valence-corrected chi connectivity index (χ1v) is 10.7. The Bertz CT molecular complexity index is 956. The number of ether oxygens (including phenoxy) is 1. The Morgan fingerprint density at radius 1 is 1.21 bits per heavy atom. The van der Waals surface area contributed by atoms with Gasteiger partial charge in [0.25, 0.3) is 0 Å². The predicted molar refractivity (Wildman–Crippen MR) is 105 cm³/mol. The van der Waals surface area contributed by atoms with Crippen molar-refractivity contribution in [1.29, 1.82) is 0 Å². The van der Waals surface area contributed by atoms with Gasteiger partial charge in [-0.05, 0) is 36.5 Å². The van der Waals surface area contributed by atoms with Crippen molar-refractivity contribution in [2.24, 2.45) is 11.1 Å². The molecule has 2 aromatic rings. The number of alkyl halides is 1. The normalized spacial score (nSPS) is 12.9. The van der Waals surface area contributed by atoms with Crippen LogP contribution in [0.15, 0.2) is 40.2 Å². The van der Waals surface area contributed by atoms with Crippen molar-refractivity contribution < 1.29 is 17.5 Å². The average Bonchev–Trinajstić information content (AvgIpc) is 2.62. The first-order chi connectivity index (χ1) is 13.1. The van der Waals surface area contributed by atoms with E-state index >= 15 is 0 Å². The zero-order chi connectivity index (χ0) is 20.9. The van der Waals surface area contributed by atoms with Crippen LogP contribution in [0.3, 0.4) is 0 Å². The molecule has 0 saturated carbocycles. The fourth-order valence-corrected chi connectivity index (χ4v) is 3.09. The standard InChI is InChI=1S/C19H26FN3O4S/c1-4-5-17(20)23-19(24)18(27-11-10-13(2)3)16(12-22-23)14-6-8-15(9-7-14)28(21,25)26/h6-9,12-13,17H,4-5,10-11H2,1-3H3,(H2,21,25,26). The van der Waals surface area contributed by atoms with Crippen molar-refractivity contribution in [3.8, 4) is 16.9 Å². The molecule has 1 heterocycles. The second-order valence-corrected chi connectivity index (χ2v) is 8.52. The molecule has 1 atom stereocenters.